The van der Waals surface area contributed by atoms with Gasteiger partial charge in [0.05, 0.1) is 6.10 Å². The van der Waals surface area contributed by atoms with Gasteiger partial charge in [-0.1, -0.05) is 0 Å². The van der Waals surface area contributed by atoms with E-state index in [0.29, 0.717) is 0 Å². The van der Waals surface area contributed by atoms with Gasteiger partial charge in [0.25, 0.3) is 0 Å². The van der Waals surface area contributed by atoms with E-state index in [2.05, 4.69) is 5.32 Å². The van der Waals surface area contributed by atoms with Gasteiger partial charge in [0.1, 0.15) is 0 Å². The van der Waals surface area contributed by atoms with Gasteiger partial charge in [-0.2, -0.15) is 0 Å². The lowest BCUT2D eigenvalue weighted by Gasteiger charge is -2.10. The normalized spacial score (nSPS) is 17.7. The van der Waals surface area contributed by atoms with Gasteiger partial charge in [0, 0.05) is 12.7 Å². The molecule has 0 rings (SSSR count). The van der Waals surface area contributed by atoms with E-state index in [9.17, 15) is 4.39 Å². The first-order chi connectivity index (χ1) is 5.06. The van der Waals surface area contributed by atoms with Crippen LogP contribution < -0.4 is 5.32 Å². The maximum Gasteiger partial charge on any atom is 0.196 e. The number of halogens is 1. The Morgan fingerprint density at radius 3 is 2.45 bits per heavy atom. The summed E-state index contributed by atoms with van der Waals surface area (Å²) >= 11 is 0. The molecule has 0 radical (unpaired) electrons. The van der Waals surface area contributed by atoms with Crippen LogP contribution in [-0.2, 0) is 4.74 Å². The first-order valence-corrected chi connectivity index (χ1v) is 3.72. The molecule has 0 aliphatic heterocycles. The van der Waals surface area contributed by atoms with Gasteiger partial charge in [0.15, 0.2) is 6.36 Å². The molecule has 0 aliphatic rings. The molecule has 0 heterocycles. The van der Waals surface area contributed by atoms with Crippen LogP contribution >= 0.6 is 0 Å². The number of nitrogens with one attached hydrogen (secondary N) is 1. The van der Waals surface area contributed by atoms with E-state index in [-0.39, 0.29) is 6.10 Å². The summed E-state index contributed by atoms with van der Waals surface area (Å²) in [5, 5.41) is 2.93. The molecule has 0 aromatic rings. The fourth-order valence-electron chi connectivity index (χ4n) is 0.770. The molecule has 0 aromatic carbocycles. The van der Waals surface area contributed by atoms with Gasteiger partial charge in [-0.25, -0.2) is 4.39 Å². The smallest absolute Gasteiger partial charge is 0.196 e. The van der Waals surface area contributed by atoms with E-state index < -0.39 is 6.36 Å². The van der Waals surface area contributed by atoms with Crippen molar-refractivity contribution in [3.63, 3.8) is 0 Å². The minimum atomic E-state index is -1.20. The Labute approximate surface area is 67.4 Å². The molecule has 11 heavy (non-hydrogen) atoms. The Morgan fingerprint density at radius 1 is 1.55 bits per heavy atom. The highest BCUT2D eigenvalue weighted by atomic mass is 19.1. The maximum absolute atomic E-state index is 12.2. The van der Waals surface area contributed by atoms with Crippen molar-refractivity contribution in [1.82, 2.24) is 5.32 Å². The van der Waals surface area contributed by atoms with E-state index in [1.165, 1.54) is 6.92 Å². The third-order valence-electron chi connectivity index (χ3n) is 1.28. The molecular weight excluding hydrogens is 145 g/mol. The fourth-order valence-corrected chi connectivity index (χ4v) is 0.770. The highest BCUT2D eigenvalue weighted by Crippen LogP contribution is 2.01. The third kappa shape index (κ3) is 5.85. The Kier molecular flexibility index (Phi) is 4.86. The van der Waals surface area contributed by atoms with Crippen molar-refractivity contribution in [2.75, 3.05) is 7.05 Å². The van der Waals surface area contributed by atoms with Crippen molar-refractivity contribution < 1.29 is 9.13 Å². The molecule has 2 atom stereocenters. The molecule has 0 amide bonds. The number of ether oxygens (including phenoxy) is 1. The zero-order valence-electron chi connectivity index (χ0n) is 7.52. The average molecular weight is 161 g/mol. The average Bonchev–Trinajstić information content (AvgIpc) is 1.85. The molecule has 0 saturated carbocycles. The Bertz CT molecular complexity index is 134. The molecule has 2 nitrogen and oxygen atoms in total. The first kappa shape index (κ1) is 10.4. The fraction of sp³-hybridized carbons (Fsp3) is 0.750. The Hall–Kier alpha value is -0.570. The van der Waals surface area contributed by atoms with Crippen molar-refractivity contribution in [1.29, 1.82) is 0 Å². The summed E-state index contributed by atoms with van der Waals surface area (Å²) in [6.45, 7) is 5.08. The van der Waals surface area contributed by atoms with Crippen LogP contribution in [0.4, 0.5) is 4.39 Å². The van der Waals surface area contributed by atoms with Gasteiger partial charge in [0.2, 0.25) is 0 Å². The molecule has 0 spiro atoms. The summed E-state index contributed by atoms with van der Waals surface area (Å²) in [5.41, 5.74) is 0.984. The summed E-state index contributed by atoms with van der Waals surface area (Å²) in [5.74, 6) is 0. The van der Waals surface area contributed by atoms with Gasteiger partial charge in [-0.05, 0) is 26.8 Å². The molecule has 66 valence electrons. The Morgan fingerprint density at radius 2 is 2.09 bits per heavy atom. The highest BCUT2D eigenvalue weighted by Gasteiger charge is 2.03. The SMILES string of the molecule is CN/C(C)=C/C(C)OC(C)F. The van der Waals surface area contributed by atoms with Crippen molar-refractivity contribution in [3.05, 3.63) is 11.8 Å². The predicted molar refractivity (Wildman–Crippen MR) is 43.9 cm³/mol. The molecule has 3 heteroatoms. The van der Waals surface area contributed by atoms with Crippen LogP contribution in [0.15, 0.2) is 11.8 Å². The largest absolute Gasteiger partial charge is 0.392 e. The summed E-state index contributed by atoms with van der Waals surface area (Å²) in [4.78, 5) is 0. The molecule has 1 N–H and O–H groups in total. The molecule has 0 saturated heterocycles. The van der Waals surface area contributed by atoms with Crippen LogP contribution in [-0.4, -0.2) is 19.5 Å². The second kappa shape index (κ2) is 5.13. The second-order valence-electron chi connectivity index (χ2n) is 2.48. The Balaban J connectivity index is 3.75. The minimum absolute atomic E-state index is 0.178. The first-order valence-electron chi connectivity index (χ1n) is 3.72. The maximum atomic E-state index is 12.2. The van der Waals surface area contributed by atoms with E-state index in [1.54, 1.807) is 6.92 Å². The van der Waals surface area contributed by atoms with E-state index in [4.69, 9.17) is 4.74 Å². The van der Waals surface area contributed by atoms with E-state index in [0.717, 1.165) is 5.70 Å². The molecule has 0 aromatic heterocycles. The standard InChI is InChI=1S/C8H16FNO/c1-6(10-4)5-7(2)11-8(3)9/h5,7-8,10H,1-4H3/b6-5+. The summed E-state index contributed by atoms with van der Waals surface area (Å²) in [6, 6.07) is 0. The van der Waals surface area contributed by atoms with Gasteiger partial charge in [-0.3, -0.25) is 0 Å². The lowest BCUT2D eigenvalue weighted by atomic mass is 10.3. The monoisotopic (exact) mass is 161 g/mol. The number of allylic oxidation sites excluding steroid dienone is 1. The lowest BCUT2D eigenvalue weighted by Crippen LogP contribution is -2.13. The van der Waals surface area contributed by atoms with Crippen LogP contribution in [0.5, 0.6) is 0 Å². The number of hydrogen-bond donors (Lipinski definition) is 1. The van der Waals surface area contributed by atoms with Gasteiger partial charge < -0.3 is 10.1 Å². The van der Waals surface area contributed by atoms with Crippen LogP contribution in [0, 0.1) is 0 Å². The molecule has 2 unspecified atom stereocenters. The molecule has 0 fully saturated rings. The lowest BCUT2D eigenvalue weighted by molar-refractivity contribution is -0.0479. The highest BCUT2D eigenvalue weighted by molar-refractivity contribution is 4.97. The van der Waals surface area contributed by atoms with Crippen molar-refractivity contribution >= 4 is 0 Å². The molecular formula is C8H16FNO. The summed E-state index contributed by atoms with van der Waals surface area (Å²) in [7, 11) is 1.82. The summed E-state index contributed by atoms with van der Waals surface area (Å²) in [6.07, 6.45) is 0.448. The molecule has 0 bridgehead atoms. The van der Waals surface area contributed by atoms with Crippen molar-refractivity contribution in [2.45, 2.75) is 33.2 Å². The third-order valence-corrected chi connectivity index (χ3v) is 1.28. The second-order valence-corrected chi connectivity index (χ2v) is 2.48. The quantitative estimate of drug-likeness (QED) is 0.679. The predicted octanol–water partition coefficient (Wildman–Crippen LogP) is 1.83. The summed E-state index contributed by atoms with van der Waals surface area (Å²) < 4.78 is 17.1. The zero-order valence-corrected chi connectivity index (χ0v) is 7.52. The topological polar surface area (TPSA) is 21.3 Å². The van der Waals surface area contributed by atoms with Crippen molar-refractivity contribution in [3.8, 4) is 0 Å². The minimum Gasteiger partial charge on any atom is -0.392 e. The van der Waals surface area contributed by atoms with Crippen molar-refractivity contribution in [2.24, 2.45) is 0 Å². The van der Waals surface area contributed by atoms with Crippen LogP contribution in [0.1, 0.15) is 20.8 Å². The van der Waals surface area contributed by atoms with E-state index in [1.807, 2.05) is 20.0 Å². The number of rotatable bonds is 4. The number of hydrogen-bond acceptors (Lipinski definition) is 2. The number of alkyl halides is 1. The van der Waals surface area contributed by atoms with Gasteiger partial charge >= 0.3 is 0 Å². The van der Waals surface area contributed by atoms with Crippen LogP contribution in [0.3, 0.4) is 0 Å². The van der Waals surface area contributed by atoms with Crippen LogP contribution in [0.2, 0.25) is 0 Å². The zero-order chi connectivity index (χ0) is 8.85. The molecule has 0 aliphatic carbocycles. The van der Waals surface area contributed by atoms with E-state index >= 15 is 0 Å². The van der Waals surface area contributed by atoms with Gasteiger partial charge in [-0.15, -0.1) is 0 Å². The van der Waals surface area contributed by atoms with Crippen LogP contribution in [0.25, 0.3) is 0 Å².